The molecule has 0 aliphatic carbocycles. The van der Waals surface area contributed by atoms with Gasteiger partial charge in [0.2, 0.25) is 0 Å². The summed E-state index contributed by atoms with van der Waals surface area (Å²) < 4.78 is 0. The van der Waals surface area contributed by atoms with Crippen molar-refractivity contribution in [3.05, 3.63) is 42.6 Å². The molecular weight excluding hydrogens is 214 g/mol. The van der Waals surface area contributed by atoms with Crippen LogP contribution in [-0.2, 0) is 0 Å². The molecule has 0 spiro atoms. The number of likely N-dealkylation sites (N-methyl/N-ethyl adjacent to an activating group) is 1. The van der Waals surface area contributed by atoms with Crippen LogP contribution in [0.2, 0.25) is 0 Å². The number of nitrogens with one attached hydrogen (secondary N) is 1. The lowest BCUT2D eigenvalue weighted by atomic mass is 10.2. The molecule has 4 nitrogen and oxygen atoms in total. The van der Waals surface area contributed by atoms with Gasteiger partial charge in [0.05, 0.1) is 5.52 Å². The van der Waals surface area contributed by atoms with Crippen LogP contribution >= 0.6 is 0 Å². The first-order valence-electron chi connectivity index (χ1n) is 5.61. The molecule has 2 aromatic rings. The van der Waals surface area contributed by atoms with Crippen LogP contribution in [-0.4, -0.2) is 34.1 Å². The van der Waals surface area contributed by atoms with Crippen LogP contribution in [0.25, 0.3) is 10.9 Å². The largest absolute Gasteiger partial charge is 0.334 e. The predicted molar refractivity (Wildman–Crippen MR) is 67.9 cm³/mol. The maximum Gasteiger partial charge on any atom is 0.275 e. The molecule has 0 aliphatic rings. The second kappa shape index (κ2) is 4.82. The number of aromatic amines is 1. The average Bonchev–Trinajstić information content (AvgIpc) is 2.79. The van der Waals surface area contributed by atoms with Gasteiger partial charge in [0, 0.05) is 18.5 Å². The fourth-order valence-corrected chi connectivity index (χ4v) is 1.79. The number of fused-ring (bicyclic) bond motifs is 1. The molecule has 0 saturated carbocycles. The summed E-state index contributed by atoms with van der Waals surface area (Å²) in [6.07, 6.45) is 1.72. The number of para-hydroxylation sites is 1. The third-order valence-corrected chi connectivity index (χ3v) is 2.69. The van der Waals surface area contributed by atoms with Crippen LogP contribution in [0, 0.1) is 0 Å². The first kappa shape index (κ1) is 11.4. The minimum Gasteiger partial charge on any atom is -0.334 e. The molecule has 1 aromatic carbocycles. The Morgan fingerprint density at radius 2 is 2.29 bits per heavy atom. The van der Waals surface area contributed by atoms with E-state index in [2.05, 4.69) is 16.8 Å². The molecule has 1 N–H and O–H groups in total. The van der Waals surface area contributed by atoms with Gasteiger partial charge in [-0.3, -0.25) is 9.89 Å². The molecule has 0 bridgehead atoms. The number of hydrogen-bond acceptors (Lipinski definition) is 2. The van der Waals surface area contributed by atoms with Gasteiger partial charge in [-0.2, -0.15) is 5.10 Å². The Morgan fingerprint density at radius 1 is 1.53 bits per heavy atom. The maximum absolute atomic E-state index is 12.2. The highest BCUT2D eigenvalue weighted by Gasteiger charge is 2.18. The van der Waals surface area contributed by atoms with E-state index in [0.717, 1.165) is 10.9 Å². The molecule has 0 saturated heterocycles. The fraction of sp³-hybridized carbons (Fsp3) is 0.231. The fourth-order valence-electron chi connectivity index (χ4n) is 1.79. The van der Waals surface area contributed by atoms with Gasteiger partial charge in [0.15, 0.2) is 5.69 Å². The van der Waals surface area contributed by atoms with Crippen molar-refractivity contribution in [2.45, 2.75) is 6.92 Å². The van der Waals surface area contributed by atoms with Crippen molar-refractivity contribution in [2.75, 3.05) is 13.1 Å². The van der Waals surface area contributed by atoms with Crippen LogP contribution in [0.5, 0.6) is 0 Å². The molecule has 1 heterocycles. The zero-order chi connectivity index (χ0) is 12.3. The van der Waals surface area contributed by atoms with E-state index in [4.69, 9.17) is 0 Å². The summed E-state index contributed by atoms with van der Waals surface area (Å²) in [5.74, 6) is -0.0650. The number of hydrogen-bond donors (Lipinski definition) is 1. The Morgan fingerprint density at radius 3 is 3.00 bits per heavy atom. The number of carbonyl (C=O) groups is 1. The van der Waals surface area contributed by atoms with E-state index in [1.165, 1.54) is 0 Å². The SMILES string of the molecule is C=CCN(CC)C(=O)c1n[nH]c2ccccc12. The van der Waals surface area contributed by atoms with Gasteiger partial charge in [-0.15, -0.1) is 6.58 Å². The molecule has 88 valence electrons. The van der Waals surface area contributed by atoms with E-state index < -0.39 is 0 Å². The van der Waals surface area contributed by atoms with Crippen LogP contribution in [0.3, 0.4) is 0 Å². The van der Waals surface area contributed by atoms with Crippen molar-refractivity contribution in [1.82, 2.24) is 15.1 Å². The van der Waals surface area contributed by atoms with Crippen molar-refractivity contribution in [3.63, 3.8) is 0 Å². The third-order valence-electron chi connectivity index (χ3n) is 2.69. The first-order valence-corrected chi connectivity index (χ1v) is 5.61. The van der Waals surface area contributed by atoms with Crippen molar-refractivity contribution in [2.24, 2.45) is 0 Å². The summed E-state index contributed by atoms with van der Waals surface area (Å²) >= 11 is 0. The molecule has 2 rings (SSSR count). The third kappa shape index (κ3) is 2.06. The monoisotopic (exact) mass is 229 g/mol. The van der Waals surface area contributed by atoms with Crippen LogP contribution in [0.15, 0.2) is 36.9 Å². The average molecular weight is 229 g/mol. The molecule has 0 atom stereocenters. The van der Waals surface area contributed by atoms with Crippen molar-refractivity contribution < 1.29 is 4.79 Å². The van der Waals surface area contributed by atoms with Crippen molar-refractivity contribution in [3.8, 4) is 0 Å². The van der Waals surface area contributed by atoms with Gasteiger partial charge in [0.25, 0.3) is 5.91 Å². The molecule has 0 unspecified atom stereocenters. The molecule has 0 aliphatic heterocycles. The molecule has 1 aromatic heterocycles. The number of benzene rings is 1. The Kier molecular flexibility index (Phi) is 3.23. The Bertz CT molecular complexity index is 544. The van der Waals surface area contributed by atoms with E-state index in [9.17, 15) is 4.79 Å². The Balaban J connectivity index is 2.39. The quantitative estimate of drug-likeness (QED) is 0.817. The first-order chi connectivity index (χ1) is 8.27. The van der Waals surface area contributed by atoms with Gasteiger partial charge >= 0.3 is 0 Å². The van der Waals surface area contributed by atoms with Gasteiger partial charge in [-0.1, -0.05) is 24.3 Å². The molecule has 17 heavy (non-hydrogen) atoms. The predicted octanol–water partition coefficient (Wildman–Crippen LogP) is 2.21. The van der Waals surface area contributed by atoms with Gasteiger partial charge in [0.1, 0.15) is 0 Å². The normalized spacial score (nSPS) is 10.4. The smallest absolute Gasteiger partial charge is 0.275 e. The standard InChI is InChI=1S/C13H15N3O/c1-3-9-16(4-2)13(17)12-10-7-5-6-8-11(10)14-15-12/h3,5-8H,1,4,9H2,2H3,(H,14,15). The zero-order valence-corrected chi connectivity index (χ0v) is 9.81. The highest BCUT2D eigenvalue weighted by atomic mass is 16.2. The van der Waals surface area contributed by atoms with E-state index in [1.54, 1.807) is 11.0 Å². The molecule has 1 amide bonds. The van der Waals surface area contributed by atoms with Crippen molar-refractivity contribution in [1.29, 1.82) is 0 Å². The summed E-state index contributed by atoms with van der Waals surface area (Å²) in [5, 5.41) is 7.82. The lowest BCUT2D eigenvalue weighted by Crippen LogP contribution is -2.31. The number of H-pyrrole nitrogens is 1. The number of rotatable bonds is 4. The van der Waals surface area contributed by atoms with Gasteiger partial charge in [-0.25, -0.2) is 0 Å². The number of carbonyl (C=O) groups excluding carboxylic acids is 1. The zero-order valence-electron chi connectivity index (χ0n) is 9.81. The Hall–Kier alpha value is -2.10. The molecule has 4 heteroatoms. The lowest BCUT2D eigenvalue weighted by molar-refractivity contribution is 0.0778. The molecule has 0 fully saturated rings. The van der Waals surface area contributed by atoms with Crippen LogP contribution < -0.4 is 0 Å². The second-order valence-electron chi connectivity index (χ2n) is 3.75. The second-order valence-corrected chi connectivity index (χ2v) is 3.75. The summed E-state index contributed by atoms with van der Waals surface area (Å²) in [7, 11) is 0. The van der Waals surface area contributed by atoms with Crippen molar-refractivity contribution >= 4 is 16.8 Å². The number of aromatic nitrogens is 2. The van der Waals surface area contributed by atoms with Crippen LogP contribution in [0.4, 0.5) is 0 Å². The van der Waals surface area contributed by atoms with E-state index in [1.807, 2.05) is 31.2 Å². The summed E-state index contributed by atoms with van der Waals surface area (Å²) in [4.78, 5) is 13.9. The van der Waals surface area contributed by atoms with Crippen LogP contribution in [0.1, 0.15) is 17.4 Å². The van der Waals surface area contributed by atoms with Gasteiger partial charge in [-0.05, 0) is 13.0 Å². The number of amides is 1. The van der Waals surface area contributed by atoms with Gasteiger partial charge < -0.3 is 4.90 Å². The topological polar surface area (TPSA) is 49.0 Å². The van der Waals surface area contributed by atoms with E-state index in [0.29, 0.717) is 18.8 Å². The summed E-state index contributed by atoms with van der Waals surface area (Å²) in [5.41, 5.74) is 1.36. The number of nitrogens with zero attached hydrogens (tertiary/aromatic N) is 2. The highest BCUT2D eigenvalue weighted by molar-refractivity contribution is 6.04. The minimum absolute atomic E-state index is 0.0650. The lowest BCUT2D eigenvalue weighted by Gasteiger charge is -2.17. The highest BCUT2D eigenvalue weighted by Crippen LogP contribution is 2.16. The maximum atomic E-state index is 12.2. The van der Waals surface area contributed by atoms with E-state index >= 15 is 0 Å². The molecule has 0 radical (unpaired) electrons. The summed E-state index contributed by atoms with van der Waals surface area (Å²) in [6.45, 7) is 6.78. The van der Waals surface area contributed by atoms with E-state index in [-0.39, 0.29) is 5.91 Å². The molecular formula is C13H15N3O. The Labute approximate surface area is 99.9 Å². The minimum atomic E-state index is -0.0650. The summed E-state index contributed by atoms with van der Waals surface area (Å²) in [6, 6.07) is 7.62.